The molecule has 0 spiro atoms. The molecule has 0 aromatic carbocycles. The summed E-state index contributed by atoms with van der Waals surface area (Å²) in [4.78, 5) is 19.7. The average molecular weight is 218 g/mol. The summed E-state index contributed by atoms with van der Waals surface area (Å²) >= 11 is 0. The van der Waals surface area contributed by atoms with E-state index in [-0.39, 0.29) is 12.3 Å². The van der Waals surface area contributed by atoms with Gasteiger partial charge < -0.3 is 10.2 Å². The third-order valence-corrected chi connectivity index (χ3v) is 1.52. The van der Waals surface area contributed by atoms with E-state index in [2.05, 4.69) is 0 Å². The number of hydrogen-bond donors (Lipinski definition) is 2. The van der Waals surface area contributed by atoms with Crippen LogP contribution in [0.5, 0.6) is 0 Å². The Morgan fingerprint density at radius 1 is 0.933 bits per heavy atom. The monoisotopic (exact) mass is 218 g/mol. The molecule has 4 heteroatoms. The molecule has 0 amide bonds. The Kier molecular flexibility index (Phi) is 10.4. The summed E-state index contributed by atoms with van der Waals surface area (Å²) in [5.41, 5.74) is 0. The molecule has 0 fully saturated rings. The van der Waals surface area contributed by atoms with Crippen LogP contribution in [0.15, 0.2) is 0 Å². The van der Waals surface area contributed by atoms with E-state index in [0.717, 1.165) is 6.42 Å². The maximum absolute atomic E-state index is 9.90. The van der Waals surface area contributed by atoms with Gasteiger partial charge in [-0.15, -0.1) is 0 Å². The minimum absolute atomic E-state index is 0.275. The molecule has 90 valence electrons. The molecule has 0 aromatic rings. The van der Waals surface area contributed by atoms with Crippen LogP contribution in [0.25, 0.3) is 0 Å². The SMILES string of the molecule is CC(C)CC(=O)O.CC(C)CCC(=O)O. The number of hydrogen-bond acceptors (Lipinski definition) is 2. The van der Waals surface area contributed by atoms with E-state index in [1.54, 1.807) is 0 Å². The van der Waals surface area contributed by atoms with Crippen molar-refractivity contribution < 1.29 is 19.8 Å². The lowest BCUT2D eigenvalue weighted by molar-refractivity contribution is -0.138. The molecule has 2 N–H and O–H groups in total. The van der Waals surface area contributed by atoms with Crippen molar-refractivity contribution in [2.75, 3.05) is 0 Å². The smallest absolute Gasteiger partial charge is 0.303 e. The fraction of sp³-hybridized carbons (Fsp3) is 0.818. The molecule has 0 radical (unpaired) electrons. The van der Waals surface area contributed by atoms with Crippen molar-refractivity contribution >= 4 is 11.9 Å². The zero-order valence-electron chi connectivity index (χ0n) is 9.99. The zero-order valence-corrected chi connectivity index (χ0v) is 9.99. The van der Waals surface area contributed by atoms with Gasteiger partial charge in [0.2, 0.25) is 0 Å². The van der Waals surface area contributed by atoms with E-state index in [1.165, 1.54) is 0 Å². The molecule has 0 aliphatic heterocycles. The maximum Gasteiger partial charge on any atom is 0.303 e. The van der Waals surface area contributed by atoms with Crippen LogP contribution in [0.4, 0.5) is 0 Å². The quantitative estimate of drug-likeness (QED) is 0.743. The van der Waals surface area contributed by atoms with Crippen LogP contribution >= 0.6 is 0 Å². The van der Waals surface area contributed by atoms with Crippen LogP contribution in [0, 0.1) is 11.8 Å². The van der Waals surface area contributed by atoms with Gasteiger partial charge >= 0.3 is 11.9 Å². The number of carboxylic acid groups (broad SMARTS) is 2. The Balaban J connectivity index is 0. The Labute approximate surface area is 91.3 Å². The molecule has 0 heterocycles. The van der Waals surface area contributed by atoms with Crippen molar-refractivity contribution in [1.29, 1.82) is 0 Å². The molecule has 0 rings (SSSR count). The lowest BCUT2D eigenvalue weighted by Crippen LogP contribution is -1.99. The molecule has 0 atom stereocenters. The molecule has 0 bridgehead atoms. The van der Waals surface area contributed by atoms with Crippen LogP contribution in [0.3, 0.4) is 0 Å². The fourth-order valence-corrected chi connectivity index (χ4v) is 0.761. The number of carboxylic acids is 2. The number of carbonyl (C=O) groups is 2. The predicted octanol–water partition coefficient (Wildman–Crippen LogP) is 2.62. The molecule has 0 saturated carbocycles. The number of aliphatic carboxylic acids is 2. The lowest BCUT2D eigenvalue weighted by atomic mass is 10.1. The van der Waals surface area contributed by atoms with Crippen molar-refractivity contribution in [3.05, 3.63) is 0 Å². The second-order valence-corrected chi connectivity index (χ2v) is 4.32. The first-order valence-electron chi connectivity index (χ1n) is 5.19. The molecule has 0 aliphatic rings. The zero-order chi connectivity index (χ0) is 12.4. The topological polar surface area (TPSA) is 74.6 Å². The van der Waals surface area contributed by atoms with Crippen LogP contribution in [0.2, 0.25) is 0 Å². The number of rotatable bonds is 5. The van der Waals surface area contributed by atoms with Gasteiger partial charge in [-0.3, -0.25) is 9.59 Å². The highest BCUT2D eigenvalue weighted by molar-refractivity contribution is 5.67. The van der Waals surface area contributed by atoms with Gasteiger partial charge in [0, 0.05) is 12.8 Å². The van der Waals surface area contributed by atoms with Gasteiger partial charge in [-0.25, -0.2) is 0 Å². The summed E-state index contributed by atoms with van der Waals surface area (Å²) in [6.07, 6.45) is 1.37. The highest BCUT2D eigenvalue weighted by atomic mass is 16.4. The predicted molar refractivity (Wildman–Crippen MR) is 58.8 cm³/mol. The van der Waals surface area contributed by atoms with Crippen molar-refractivity contribution in [3.8, 4) is 0 Å². The van der Waals surface area contributed by atoms with Crippen molar-refractivity contribution in [2.24, 2.45) is 11.8 Å². The maximum atomic E-state index is 9.90. The standard InChI is InChI=1S/C6H12O2.C5H10O2/c1-5(2)3-4-6(7)8;1-4(2)3-5(6)7/h5H,3-4H2,1-2H3,(H,7,8);4H,3H2,1-2H3,(H,6,7). The van der Waals surface area contributed by atoms with Gasteiger partial charge in [0.05, 0.1) is 0 Å². The van der Waals surface area contributed by atoms with E-state index < -0.39 is 11.9 Å². The summed E-state index contributed by atoms with van der Waals surface area (Å²) in [6, 6.07) is 0. The summed E-state index contributed by atoms with van der Waals surface area (Å²) in [5.74, 6) is -0.627. The van der Waals surface area contributed by atoms with Crippen LogP contribution in [-0.2, 0) is 9.59 Å². The van der Waals surface area contributed by atoms with E-state index in [4.69, 9.17) is 10.2 Å². The molecular formula is C11H22O4. The first kappa shape index (κ1) is 16.4. The Bertz CT molecular complexity index is 185. The van der Waals surface area contributed by atoms with E-state index >= 15 is 0 Å². The molecule has 0 unspecified atom stereocenters. The van der Waals surface area contributed by atoms with Crippen LogP contribution < -0.4 is 0 Å². The normalized spacial score (nSPS) is 9.73. The summed E-state index contributed by atoms with van der Waals surface area (Å²) in [7, 11) is 0. The highest BCUT2D eigenvalue weighted by Gasteiger charge is 1.98. The Morgan fingerprint density at radius 2 is 1.40 bits per heavy atom. The molecule has 0 aromatic heterocycles. The molecule has 15 heavy (non-hydrogen) atoms. The summed E-state index contributed by atoms with van der Waals surface area (Å²) in [6.45, 7) is 7.80. The largest absolute Gasteiger partial charge is 0.481 e. The third kappa shape index (κ3) is 24.6. The minimum Gasteiger partial charge on any atom is -0.481 e. The van der Waals surface area contributed by atoms with Gasteiger partial charge in [0.15, 0.2) is 0 Å². The first-order chi connectivity index (χ1) is 6.75. The van der Waals surface area contributed by atoms with Gasteiger partial charge in [0.25, 0.3) is 0 Å². The minimum atomic E-state index is -0.713. The van der Waals surface area contributed by atoms with E-state index in [9.17, 15) is 9.59 Å². The second kappa shape index (κ2) is 9.49. The van der Waals surface area contributed by atoms with Gasteiger partial charge in [0.1, 0.15) is 0 Å². The molecule has 4 nitrogen and oxygen atoms in total. The Hall–Kier alpha value is -1.06. The second-order valence-electron chi connectivity index (χ2n) is 4.32. The fourth-order valence-electron chi connectivity index (χ4n) is 0.761. The first-order valence-corrected chi connectivity index (χ1v) is 5.19. The van der Waals surface area contributed by atoms with Crippen molar-refractivity contribution in [3.63, 3.8) is 0 Å². The Morgan fingerprint density at radius 3 is 1.47 bits per heavy atom. The molecular weight excluding hydrogens is 196 g/mol. The summed E-state index contributed by atoms with van der Waals surface area (Å²) in [5, 5.41) is 16.2. The van der Waals surface area contributed by atoms with Crippen LogP contribution in [0.1, 0.15) is 47.0 Å². The van der Waals surface area contributed by atoms with Crippen molar-refractivity contribution in [2.45, 2.75) is 47.0 Å². The highest BCUT2D eigenvalue weighted by Crippen LogP contribution is 2.01. The summed E-state index contributed by atoms with van der Waals surface area (Å²) < 4.78 is 0. The average Bonchev–Trinajstić information content (AvgIpc) is 1.99. The van der Waals surface area contributed by atoms with E-state index in [1.807, 2.05) is 27.7 Å². The van der Waals surface area contributed by atoms with Gasteiger partial charge in [-0.05, 0) is 18.3 Å². The molecule has 0 saturated heterocycles. The van der Waals surface area contributed by atoms with Crippen LogP contribution in [-0.4, -0.2) is 22.2 Å². The molecule has 0 aliphatic carbocycles. The lowest BCUT2D eigenvalue weighted by Gasteiger charge is -1.97. The van der Waals surface area contributed by atoms with Gasteiger partial charge in [-0.1, -0.05) is 27.7 Å². The van der Waals surface area contributed by atoms with E-state index in [0.29, 0.717) is 12.3 Å². The third-order valence-electron chi connectivity index (χ3n) is 1.52. The van der Waals surface area contributed by atoms with Gasteiger partial charge in [-0.2, -0.15) is 0 Å². The van der Waals surface area contributed by atoms with Crippen molar-refractivity contribution in [1.82, 2.24) is 0 Å².